The van der Waals surface area contributed by atoms with Crippen molar-refractivity contribution in [1.29, 1.82) is 0 Å². The Kier molecular flexibility index (Phi) is 6.62. The highest BCUT2D eigenvalue weighted by atomic mass is 16.5. The summed E-state index contributed by atoms with van der Waals surface area (Å²) in [5.74, 6) is 0.521. The van der Waals surface area contributed by atoms with E-state index in [1.807, 2.05) is 66.7 Å². The first-order valence-corrected chi connectivity index (χ1v) is 10.3. The van der Waals surface area contributed by atoms with E-state index in [-0.39, 0.29) is 12.0 Å². The molecule has 0 aliphatic carbocycles. The Bertz CT molecular complexity index is 952. The van der Waals surface area contributed by atoms with Crippen LogP contribution in [0.4, 0.5) is 11.4 Å². The third-order valence-electron chi connectivity index (χ3n) is 5.04. The van der Waals surface area contributed by atoms with Crippen molar-refractivity contribution in [3.63, 3.8) is 0 Å². The molecule has 1 aliphatic rings. The molecule has 0 unspecified atom stereocenters. The van der Waals surface area contributed by atoms with Gasteiger partial charge in [0.1, 0.15) is 12.4 Å². The zero-order chi connectivity index (χ0) is 20.6. The summed E-state index contributed by atoms with van der Waals surface area (Å²) in [6.45, 7) is 2.05. The van der Waals surface area contributed by atoms with Crippen molar-refractivity contribution in [3.8, 4) is 5.75 Å². The number of carbonyl (C=O) groups excluding carboxylic acids is 1. The van der Waals surface area contributed by atoms with Crippen molar-refractivity contribution in [3.05, 3.63) is 90.0 Å². The van der Waals surface area contributed by atoms with Crippen molar-refractivity contribution in [1.82, 2.24) is 0 Å². The number of rotatable bonds is 8. The Morgan fingerprint density at radius 1 is 0.967 bits per heavy atom. The van der Waals surface area contributed by atoms with Crippen molar-refractivity contribution in [2.45, 2.75) is 25.5 Å². The van der Waals surface area contributed by atoms with Crippen molar-refractivity contribution >= 4 is 17.3 Å². The van der Waals surface area contributed by atoms with Crippen LogP contribution >= 0.6 is 0 Å². The number of anilines is 2. The number of nitrogens with one attached hydrogen (secondary N) is 2. The first-order chi connectivity index (χ1) is 14.8. The summed E-state index contributed by atoms with van der Waals surface area (Å²) in [7, 11) is 0. The molecule has 2 N–H and O–H groups in total. The van der Waals surface area contributed by atoms with E-state index in [1.165, 1.54) is 0 Å². The zero-order valence-electron chi connectivity index (χ0n) is 16.8. The fourth-order valence-electron chi connectivity index (χ4n) is 3.36. The van der Waals surface area contributed by atoms with Crippen LogP contribution in [0.2, 0.25) is 0 Å². The summed E-state index contributed by atoms with van der Waals surface area (Å²) < 4.78 is 11.4. The summed E-state index contributed by atoms with van der Waals surface area (Å²) in [6.07, 6.45) is 2.26. The Labute approximate surface area is 177 Å². The van der Waals surface area contributed by atoms with Crippen LogP contribution in [0.15, 0.2) is 78.9 Å². The minimum atomic E-state index is -0.160. The van der Waals surface area contributed by atoms with Gasteiger partial charge < -0.3 is 20.1 Å². The molecule has 3 aromatic rings. The fraction of sp³-hybridized carbons (Fsp3) is 0.240. The molecule has 0 bridgehead atoms. The molecule has 1 saturated heterocycles. The lowest BCUT2D eigenvalue weighted by Gasteiger charge is -2.12. The van der Waals surface area contributed by atoms with Gasteiger partial charge in [-0.2, -0.15) is 0 Å². The first kappa shape index (κ1) is 20.0. The van der Waals surface area contributed by atoms with Gasteiger partial charge in [-0.3, -0.25) is 4.79 Å². The predicted molar refractivity (Wildman–Crippen MR) is 119 cm³/mol. The van der Waals surface area contributed by atoms with E-state index in [0.717, 1.165) is 42.9 Å². The number of hydrogen-bond donors (Lipinski definition) is 2. The second kappa shape index (κ2) is 9.94. The highest BCUT2D eigenvalue weighted by Crippen LogP contribution is 2.19. The smallest absolute Gasteiger partial charge is 0.255 e. The first-order valence-electron chi connectivity index (χ1n) is 10.3. The van der Waals surface area contributed by atoms with Crippen LogP contribution in [0.25, 0.3) is 0 Å². The van der Waals surface area contributed by atoms with Gasteiger partial charge in [0.25, 0.3) is 5.91 Å². The second-order valence-corrected chi connectivity index (χ2v) is 7.34. The molecule has 154 valence electrons. The third-order valence-corrected chi connectivity index (χ3v) is 5.04. The Balaban J connectivity index is 1.30. The molecule has 1 atom stereocenters. The van der Waals surface area contributed by atoms with E-state index in [4.69, 9.17) is 9.47 Å². The molecule has 1 aliphatic heterocycles. The molecule has 1 heterocycles. The molecular weight excluding hydrogens is 376 g/mol. The normalized spacial score (nSPS) is 15.5. The number of carbonyl (C=O) groups is 1. The maximum atomic E-state index is 12.6. The SMILES string of the molecule is O=C(Nc1ccc(CNc2ccccc2)cc1)c1cccc(OC[C@@H]2CCCO2)c1. The van der Waals surface area contributed by atoms with Gasteiger partial charge >= 0.3 is 0 Å². The van der Waals surface area contributed by atoms with Gasteiger partial charge in [-0.05, 0) is 60.9 Å². The van der Waals surface area contributed by atoms with Crippen LogP contribution in [0.1, 0.15) is 28.8 Å². The lowest BCUT2D eigenvalue weighted by atomic mass is 10.1. The van der Waals surface area contributed by atoms with Crippen molar-refractivity contribution in [2.24, 2.45) is 0 Å². The number of amides is 1. The maximum absolute atomic E-state index is 12.6. The molecule has 3 aromatic carbocycles. The van der Waals surface area contributed by atoms with Crippen molar-refractivity contribution in [2.75, 3.05) is 23.8 Å². The largest absolute Gasteiger partial charge is 0.491 e. The van der Waals surface area contributed by atoms with E-state index < -0.39 is 0 Å². The van der Waals surface area contributed by atoms with E-state index >= 15 is 0 Å². The number of benzene rings is 3. The topological polar surface area (TPSA) is 59.6 Å². The quantitative estimate of drug-likeness (QED) is 0.550. The van der Waals surface area contributed by atoms with Crippen LogP contribution in [0.3, 0.4) is 0 Å². The minimum Gasteiger partial charge on any atom is -0.491 e. The third kappa shape index (κ3) is 5.61. The van der Waals surface area contributed by atoms with E-state index in [9.17, 15) is 4.79 Å². The molecule has 0 radical (unpaired) electrons. The molecule has 0 saturated carbocycles. The number of ether oxygens (including phenoxy) is 2. The molecule has 0 aromatic heterocycles. The van der Waals surface area contributed by atoms with Crippen LogP contribution in [-0.4, -0.2) is 25.2 Å². The van der Waals surface area contributed by atoms with Crippen LogP contribution in [0.5, 0.6) is 5.75 Å². The molecule has 4 rings (SSSR count). The Morgan fingerprint density at radius 3 is 2.57 bits per heavy atom. The van der Waals surface area contributed by atoms with Gasteiger partial charge in [-0.25, -0.2) is 0 Å². The van der Waals surface area contributed by atoms with Gasteiger partial charge in [-0.15, -0.1) is 0 Å². The zero-order valence-corrected chi connectivity index (χ0v) is 16.8. The summed E-state index contributed by atoms with van der Waals surface area (Å²) in [5, 5.41) is 6.32. The molecule has 5 nitrogen and oxygen atoms in total. The predicted octanol–water partition coefficient (Wildman–Crippen LogP) is 5.11. The minimum absolute atomic E-state index is 0.150. The Hall–Kier alpha value is -3.31. The summed E-state index contributed by atoms with van der Waals surface area (Å²) in [4.78, 5) is 12.6. The van der Waals surface area contributed by atoms with E-state index in [1.54, 1.807) is 12.1 Å². The Morgan fingerprint density at radius 2 is 1.80 bits per heavy atom. The monoisotopic (exact) mass is 402 g/mol. The lowest BCUT2D eigenvalue weighted by Crippen LogP contribution is -2.17. The van der Waals surface area contributed by atoms with E-state index in [0.29, 0.717) is 17.9 Å². The second-order valence-electron chi connectivity index (χ2n) is 7.34. The van der Waals surface area contributed by atoms with Gasteiger partial charge in [0.15, 0.2) is 0 Å². The lowest BCUT2D eigenvalue weighted by molar-refractivity contribution is 0.0679. The molecule has 30 heavy (non-hydrogen) atoms. The average Bonchev–Trinajstić information content (AvgIpc) is 3.32. The standard InChI is InChI=1S/C25H26N2O3/c28-25(20-6-4-9-23(16-20)30-18-24-10-5-15-29-24)27-22-13-11-19(12-14-22)17-26-21-7-2-1-3-8-21/h1-4,6-9,11-14,16,24,26H,5,10,15,17-18H2,(H,27,28)/t24-/m0/s1. The molecule has 1 fully saturated rings. The van der Waals surface area contributed by atoms with Gasteiger partial charge in [0.2, 0.25) is 0 Å². The highest BCUT2D eigenvalue weighted by molar-refractivity contribution is 6.04. The average molecular weight is 402 g/mol. The maximum Gasteiger partial charge on any atom is 0.255 e. The van der Waals surface area contributed by atoms with Crippen LogP contribution in [0, 0.1) is 0 Å². The molecular formula is C25H26N2O3. The number of hydrogen-bond acceptors (Lipinski definition) is 4. The van der Waals surface area contributed by atoms with Gasteiger partial charge in [0.05, 0.1) is 6.10 Å². The summed E-state index contributed by atoms with van der Waals surface area (Å²) in [5.41, 5.74) is 3.54. The van der Waals surface area contributed by atoms with Crippen LogP contribution in [-0.2, 0) is 11.3 Å². The van der Waals surface area contributed by atoms with Gasteiger partial charge in [-0.1, -0.05) is 36.4 Å². The van der Waals surface area contributed by atoms with E-state index in [2.05, 4.69) is 10.6 Å². The highest BCUT2D eigenvalue weighted by Gasteiger charge is 2.16. The van der Waals surface area contributed by atoms with Crippen molar-refractivity contribution < 1.29 is 14.3 Å². The van der Waals surface area contributed by atoms with Gasteiger partial charge in [0, 0.05) is 30.1 Å². The molecule has 5 heteroatoms. The summed E-state index contributed by atoms with van der Waals surface area (Å²) in [6, 6.07) is 25.2. The summed E-state index contributed by atoms with van der Waals surface area (Å²) >= 11 is 0. The molecule has 0 spiro atoms. The fourth-order valence-corrected chi connectivity index (χ4v) is 3.36. The molecule has 1 amide bonds. The van der Waals surface area contributed by atoms with Crippen LogP contribution < -0.4 is 15.4 Å². The number of para-hydroxylation sites is 1.